The molecule has 0 bridgehead atoms. The van der Waals surface area contributed by atoms with Gasteiger partial charge in [0.1, 0.15) is 5.75 Å². The first-order valence-electron chi connectivity index (χ1n) is 6.98. The molecule has 0 aliphatic heterocycles. The number of benzene rings is 1. The Hall–Kier alpha value is -0.480. The Morgan fingerprint density at radius 1 is 1.35 bits per heavy atom. The normalized spacial score (nSPS) is 25.9. The van der Waals surface area contributed by atoms with Gasteiger partial charge in [0.25, 0.3) is 0 Å². The summed E-state index contributed by atoms with van der Waals surface area (Å²) in [5, 5.41) is 0.731. The summed E-state index contributed by atoms with van der Waals surface area (Å²) in [5.74, 6) is 0.895. The van der Waals surface area contributed by atoms with Crippen LogP contribution in [-0.2, 0) is 6.42 Å². The lowest BCUT2D eigenvalue weighted by molar-refractivity contribution is 0.266. The van der Waals surface area contributed by atoms with Crippen LogP contribution in [0.4, 0.5) is 0 Å². The molecular formula is C15H24Cl2N2O. The second kappa shape index (κ2) is 7.51. The van der Waals surface area contributed by atoms with Crippen LogP contribution in [0.5, 0.6) is 5.75 Å². The first-order chi connectivity index (χ1) is 9.02. The molecule has 5 heteroatoms. The molecule has 0 heterocycles. The van der Waals surface area contributed by atoms with Crippen LogP contribution in [0, 0.1) is 0 Å². The summed E-state index contributed by atoms with van der Waals surface area (Å²) in [7, 11) is 0. The number of rotatable bonds is 4. The summed E-state index contributed by atoms with van der Waals surface area (Å²) in [6.07, 6.45) is 4.73. The highest BCUT2D eigenvalue weighted by atomic mass is 35.5. The van der Waals surface area contributed by atoms with Gasteiger partial charge in [-0.15, -0.1) is 12.4 Å². The molecule has 0 radical (unpaired) electrons. The Bertz CT molecular complexity index is 432. The molecule has 0 aromatic heterocycles. The predicted molar refractivity (Wildman–Crippen MR) is 86.9 cm³/mol. The summed E-state index contributed by atoms with van der Waals surface area (Å²) in [6.45, 7) is 2.63. The van der Waals surface area contributed by atoms with Crippen LogP contribution >= 0.6 is 24.0 Å². The Morgan fingerprint density at radius 3 is 2.60 bits per heavy atom. The molecule has 114 valence electrons. The van der Waals surface area contributed by atoms with E-state index in [0.717, 1.165) is 48.4 Å². The summed E-state index contributed by atoms with van der Waals surface area (Å²) >= 11 is 6.09. The van der Waals surface area contributed by atoms with Gasteiger partial charge in [-0.3, -0.25) is 0 Å². The van der Waals surface area contributed by atoms with Gasteiger partial charge in [-0.25, -0.2) is 0 Å². The second-order valence-corrected chi connectivity index (χ2v) is 6.00. The molecule has 1 fully saturated rings. The van der Waals surface area contributed by atoms with Crippen molar-refractivity contribution < 1.29 is 4.74 Å². The summed E-state index contributed by atoms with van der Waals surface area (Å²) in [6, 6.07) is 6.06. The zero-order chi connectivity index (χ0) is 13.9. The van der Waals surface area contributed by atoms with Crippen LogP contribution in [0.2, 0.25) is 5.02 Å². The van der Waals surface area contributed by atoms with E-state index in [4.69, 9.17) is 27.8 Å². The van der Waals surface area contributed by atoms with Crippen molar-refractivity contribution in [1.29, 1.82) is 0 Å². The third-order valence-corrected chi connectivity index (χ3v) is 4.13. The lowest BCUT2D eigenvalue weighted by atomic mass is 9.76. The summed E-state index contributed by atoms with van der Waals surface area (Å²) < 4.78 is 5.66. The molecule has 0 atom stereocenters. The third kappa shape index (κ3) is 4.52. The molecule has 3 nitrogen and oxygen atoms in total. The Kier molecular flexibility index (Phi) is 6.59. The van der Waals surface area contributed by atoms with Gasteiger partial charge in [0.15, 0.2) is 0 Å². The molecule has 2 rings (SSSR count). The lowest BCUT2D eigenvalue weighted by Gasteiger charge is -2.36. The Morgan fingerprint density at radius 2 is 2.00 bits per heavy atom. The van der Waals surface area contributed by atoms with Gasteiger partial charge in [0.2, 0.25) is 0 Å². The van der Waals surface area contributed by atoms with E-state index in [-0.39, 0.29) is 17.9 Å². The molecule has 1 aromatic rings. The van der Waals surface area contributed by atoms with E-state index in [0.29, 0.717) is 12.6 Å². The minimum atomic E-state index is -0.174. The number of halogens is 2. The Balaban J connectivity index is 0.00000200. The first-order valence-corrected chi connectivity index (χ1v) is 7.36. The number of hydrogen-bond donors (Lipinski definition) is 2. The molecule has 1 saturated carbocycles. The molecule has 1 aliphatic carbocycles. The molecular weight excluding hydrogens is 295 g/mol. The number of nitrogens with two attached hydrogens (primary N) is 2. The fraction of sp³-hybridized carbons (Fsp3) is 0.600. The molecule has 0 amide bonds. The van der Waals surface area contributed by atoms with Gasteiger partial charge in [0, 0.05) is 16.6 Å². The van der Waals surface area contributed by atoms with Crippen molar-refractivity contribution in [1.82, 2.24) is 0 Å². The van der Waals surface area contributed by atoms with E-state index in [1.807, 2.05) is 25.1 Å². The van der Waals surface area contributed by atoms with E-state index in [1.165, 1.54) is 0 Å². The van der Waals surface area contributed by atoms with Crippen molar-refractivity contribution in [3.05, 3.63) is 28.8 Å². The average molecular weight is 319 g/mol. The van der Waals surface area contributed by atoms with Gasteiger partial charge >= 0.3 is 0 Å². The largest absolute Gasteiger partial charge is 0.494 e. The molecule has 0 saturated heterocycles. The minimum Gasteiger partial charge on any atom is -0.494 e. The highest BCUT2D eigenvalue weighted by Gasteiger charge is 2.31. The van der Waals surface area contributed by atoms with Crippen molar-refractivity contribution >= 4 is 24.0 Å². The fourth-order valence-electron chi connectivity index (χ4n) is 2.75. The van der Waals surface area contributed by atoms with E-state index in [9.17, 15) is 0 Å². The van der Waals surface area contributed by atoms with Crippen LogP contribution < -0.4 is 16.2 Å². The van der Waals surface area contributed by atoms with Gasteiger partial charge in [-0.05, 0) is 62.8 Å². The standard InChI is InChI=1S/C15H23ClN2O.ClH/c1-2-19-14-4-3-12(16)9-11(14)10-15(18)7-5-13(17)6-8-15;/h3-4,9,13H,2,5-8,10,17-18H2,1H3;1H. The lowest BCUT2D eigenvalue weighted by Crippen LogP contribution is -2.47. The maximum atomic E-state index is 6.51. The van der Waals surface area contributed by atoms with Crippen molar-refractivity contribution in [3.63, 3.8) is 0 Å². The highest BCUT2D eigenvalue weighted by molar-refractivity contribution is 6.30. The topological polar surface area (TPSA) is 61.3 Å². The van der Waals surface area contributed by atoms with E-state index >= 15 is 0 Å². The monoisotopic (exact) mass is 318 g/mol. The maximum absolute atomic E-state index is 6.51. The molecule has 0 unspecified atom stereocenters. The quantitative estimate of drug-likeness (QED) is 0.895. The number of hydrogen-bond acceptors (Lipinski definition) is 3. The van der Waals surface area contributed by atoms with Crippen LogP contribution in [0.1, 0.15) is 38.2 Å². The predicted octanol–water partition coefficient (Wildman–Crippen LogP) is 3.30. The summed E-state index contributed by atoms with van der Waals surface area (Å²) in [5.41, 5.74) is 13.4. The zero-order valence-corrected chi connectivity index (χ0v) is 13.5. The van der Waals surface area contributed by atoms with Gasteiger partial charge in [0.05, 0.1) is 6.61 Å². The zero-order valence-electron chi connectivity index (χ0n) is 11.9. The van der Waals surface area contributed by atoms with E-state index in [2.05, 4.69) is 0 Å². The SMILES string of the molecule is CCOc1ccc(Cl)cc1CC1(N)CCC(N)CC1.Cl. The molecule has 1 aromatic carbocycles. The third-order valence-electron chi connectivity index (χ3n) is 3.89. The highest BCUT2D eigenvalue weighted by Crippen LogP contribution is 2.33. The van der Waals surface area contributed by atoms with Crippen molar-refractivity contribution in [2.45, 2.75) is 50.6 Å². The summed E-state index contributed by atoms with van der Waals surface area (Å²) in [4.78, 5) is 0. The van der Waals surface area contributed by atoms with Crippen LogP contribution in [0.15, 0.2) is 18.2 Å². The van der Waals surface area contributed by atoms with E-state index in [1.54, 1.807) is 0 Å². The number of ether oxygens (including phenoxy) is 1. The smallest absolute Gasteiger partial charge is 0.122 e. The van der Waals surface area contributed by atoms with E-state index < -0.39 is 0 Å². The van der Waals surface area contributed by atoms with Crippen molar-refractivity contribution in [2.75, 3.05) is 6.61 Å². The van der Waals surface area contributed by atoms with Crippen molar-refractivity contribution in [3.8, 4) is 5.75 Å². The van der Waals surface area contributed by atoms with Crippen LogP contribution in [-0.4, -0.2) is 18.2 Å². The average Bonchev–Trinajstić information content (AvgIpc) is 2.37. The second-order valence-electron chi connectivity index (χ2n) is 5.56. The fourth-order valence-corrected chi connectivity index (χ4v) is 2.95. The first kappa shape index (κ1) is 17.6. The molecule has 1 aliphatic rings. The van der Waals surface area contributed by atoms with Gasteiger partial charge in [-0.1, -0.05) is 11.6 Å². The molecule has 0 spiro atoms. The van der Waals surface area contributed by atoms with Crippen LogP contribution in [0.25, 0.3) is 0 Å². The minimum absolute atomic E-state index is 0. The van der Waals surface area contributed by atoms with Gasteiger partial charge < -0.3 is 16.2 Å². The maximum Gasteiger partial charge on any atom is 0.122 e. The van der Waals surface area contributed by atoms with Crippen LogP contribution in [0.3, 0.4) is 0 Å². The van der Waals surface area contributed by atoms with Crippen molar-refractivity contribution in [2.24, 2.45) is 11.5 Å². The van der Waals surface area contributed by atoms with Gasteiger partial charge in [-0.2, -0.15) is 0 Å². The molecule has 20 heavy (non-hydrogen) atoms. The Labute approximate surface area is 132 Å². The molecule has 4 N–H and O–H groups in total.